The van der Waals surface area contributed by atoms with Crippen molar-refractivity contribution in [2.24, 2.45) is 0 Å². The highest BCUT2D eigenvalue weighted by Crippen LogP contribution is 2.30. The molecule has 0 amide bonds. The van der Waals surface area contributed by atoms with Crippen molar-refractivity contribution in [2.75, 3.05) is 0 Å². The van der Waals surface area contributed by atoms with Gasteiger partial charge in [0.05, 0.1) is 0 Å². The van der Waals surface area contributed by atoms with Gasteiger partial charge in [-0.05, 0) is 25.0 Å². The summed E-state index contributed by atoms with van der Waals surface area (Å²) in [5, 5.41) is 19.3. The molecular formula is C16H16O3. The molecule has 2 rings (SSSR count). The van der Waals surface area contributed by atoms with Crippen LogP contribution in [0.15, 0.2) is 42.5 Å². The minimum absolute atomic E-state index is 0.0470. The van der Waals surface area contributed by atoms with E-state index in [4.69, 9.17) is 0 Å². The molecule has 0 aliphatic carbocycles. The standard InChI is InChI=1S/C16H16O3/c1-11-14(17)9-7-13(16(11)19)8-10-15(18)12-5-3-2-4-6-12/h2-7,9,17,19H,8,10H2,1H3. The van der Waals surface area contributed by atoms with Crippen molar-refractivity contribution in [1.29, 1.82) is 0 Å². The number of aryl methyl sites for hydroxylation is 1. The Morgan fingerprint density at radius 2 is 1.74 bits per heavy atom. The quantitative estimate of drug-likeness (QED) is 0.826. The van der Waals surface area contributed by atoms with Crippen LogP contribution in [0.25, 0.3) is 0 Å². The normalized spacial score (nSPS) is 10.4. The fraction of sp³-hybridized carbons (Fsp3) is 0.188. The first-order chi connectivity index (χ1) is 9.09. The number of phenols is 2. The largest absolute Gasteiger partial charge is 0.508 e. The van der Waals surface area contributed by atoms with Crippen LogP contribution >= 0.6 is 0 Å². The molecule has 3 heteroatoms. The minimum Gasteiger partial charge on any atom is -0.508 e. The van der Waals surface area contributed by atoms with Gasteiger partial charge in [-0.1, -0.05) is 36.4 Å². The first-order valence-electron chi connectivity index (χ1n) is 6.18. The molecule has 0 bridgehead atoms. The van der Waals surface area contributed by atoms with Gasteiger partial charge in [0.25, 0.3) is 0 Å². The lowest BCUT2D eigenvalue weighted by molar-refractivity contribution is 0.0982. The second-order valence-electron chi connectivity index (χ2n) is 4.51. The van der Waals surface area contributed by atoms with Crippen LogP contribution in [0.2, 0.25) is 0 Å². The topological polar surface area (TPSA) is 57.5 Å². The SMILES string of the molecule is Cc1c(O)ccc(CCC(=O)c2ccccc2)c1O. The van der Waals surface area contributed by atoms with Crippen LogP contribution in [0.1, 0.15) is 27.9 Å². The molecule has 3 nitrogen and oxygen atoms in total. The molecule has 0 saturated heterocycles. The Morgan fingerprint density at radius 1 is 1.05 bits per heavy atom. The molecule has 2 N–H and O–H groups in total. The first kappa shape index (κ1) is 13.1. The number of carbonyl (C=O) groups excluding carboxylic acids is 1. The fourth-order valence-electron chi connectivity index (χ4n) is 1.96. The molecule has 0 aliphatic rings. The van der Waals surface area contributed by atoms with Gasteiger partial charge in [0.15, 0.2) is 5.78 Å². The van der Waals surface area contributed by atoms with Crippen molar-refractivity contribution in [2.45, 2.75) is 19.8 Å². The van der Waals surface area contributed by atoms with Gasteiger partial charge in [0.2, 0.25) is 0 Å². The predicted octanol–water partition coefficient (Wildman–Crippen LogP) is 3.22. The molecule has 98 valence electrons. The third-order valence-corrected chi connectivity index (χ3v) is 3.20. The molecule has 0 aromatic heterocycles. The summed E-state index contributed by atoms with van der Waals surface area (Å²) in [6.07, 6.45) is 0.794. The van der Waals surface area contributed by atoms with Gasteiger partial charge in [-0.15, -0.1) is 0 Å². The van der Waals surface area contributed by atoms with Crippen LogP contribution in [-0.4, -0.2) is 16.0 Å². The Hall–Kier alpha value is -2.29. The number of phenolic OH excluding ortho intramolecular Hbond substituents is 2. The molecular weight excluding hydrogens is 240 g/mol. The van der Waals surface area contributed by atoms with Crippen LogP contribution < -0.4 is 0 Å². The summed E-state index contributed by atoms with van der Waals surface area (Å²) in [5.41, 5.74) is 1.81. The van der Waals surface area contributed by atoms with Gasteiger partial charge < -0.3 is 10.2 Å². The van der Waals surface area contributed by atoms with Gasteiger partial charge in [0, 0.05) is 17.5 Å². The van der Waals surface area contributed by atoms with Crippen LogP contribution in [0.4, 0.5) is 0 Å². The van der Waals surface area contributed by atoms with Gasteiger partial charge in [-0.2, -0.15) is 0 Å². The number of hydrogen-bond acceptors (Lipinski definition) is 3. The van der Waals surface area contributed by atoms with Crippen molar-refractivity contribution in [3.05, 3.63) is 59.2 Å². The van der Waals surface area contributed by atoms with E-state index < -0.39 is 0 Å². The van der Waals surface area contributed by atoms with E-state index in [9.17, 15) is 15.0 Å². The first-order valence-corrected chi connectivity index (χ1v) is 6.18. The average Bonchev–Trinajstić information content (AvgIpc) is 2.45. The highest BCUT2D eigenvalue weighted by molar-refractivity contribution is 5.96. The van der Waals surface area contributed by atoms with E-state index in [2.05, 4.69) is 0 Å². The number of benzene rings is 2. The maximum atomic E-state index is 12.0. The van der Waals surface area contributed by atoms with E-state index in [1.807, 2.05) is 18.2 Å². The summed E-state index contributed by atoms with van der Waals surface area (Å²) in [6.45, 7) is 1.65. The summed E-state index contributed by atoms with van der Waals surface area (Å²) in [6, 6.07) is 12.3. The monoisotopic (exact) mass is 256 g/mol. The Morgan fingerprint density at radius 3 is 2.42 bits per heavy atom. The number of carbonyl (C=O) groups is 1. The van der Waals surface area contributed by atoms with Crippen molar-refractivity contribution >= 4 is 5.78 Å². The second-order valence-corrected chi connectivity index (χ2v) is 4.51. The molecule has 0 spiro atoms. The van der Waals surface area contributed by atoms with Crippen LogP contribution in [0.3, 0.4) is 0 Å². The average molecular weight is 256 g/mol. The minimum atomic E-state index is 0.0470. The van der Waals surface area contributed by atoms with Gasteiger partial charge >= 0.3 is 0 Å². The number of Topliss-reactive ketones (excluding diaryl/α,β-unsaturated/α-hetero) is 1. The smallest absolute Gasteiger partial charge is 0.163 e. The maximum Gasteiger partial charge on any atom is 0.163 e. The molecule has 0 heterocycles. The van der Waals surface area contributed by atoms with Crippen molar-refractivity contribution in [3.63, 3.8) is 0 Å². The number of ketones is 1. The summed E-state index contributed by atoms with van der Waals surface area (Å²) in [5.74, 6) is 0.183. The van der Waals surface area contributed by atoms with Crippen LogP contribution in [-0.2, 0) is 6.42 Å². The predicted molar refractivity (Wildman–Crippen MR) is 73.6 cm³/mol. The van der Waals surface area contributed by atoms with Crippen LogP contribution in [0, 0.1) is 6.92 Å². The highest BCUT2D eigenvalue weighted by Gasteiger charge is 2.11. The third kappa shape index (κ3) is 2.94. The van der Waals surface area contributed by atoms with Crippen LogP contribution in [0.5, 0.6) is 11.5 Å². The molecule has 2 aromatic rings. The Bertz CT molecular complexity index is 588. The lowest BCUT2D eigenvalue weighted by Gasteiger charge is -2.08. The molecule has 0 unspecified atom stereocenters. The zero-order chi connectivity index (χ0) is 13.8. The zero-order valence-corrected chi connectivity index (χ0v) is 10.8. The van der Waals surface area contributed by atoms with E-state index in [-0.39, 0.29) is 17.3 Å². The Balaban J connectivity index is 2.08. The van der Waals surface area contributed by atoms with Gasteiger partial charge in [-0.3, -0.25) is 4.79 Å². The summed E-state index contributed by atoms with van der Waals surface area (Å²) in [4.78, 5) is 12.0. The molecule has 0 fully saturated rings. The molecule has 19 heavy (non-hydrogen) atoms. The molecule has 0 atom stereocenters. The van der Waals surface area contributed by atoms with Crippen molar-refractivity contribution in [1.82, 2.24) is 0 Å². The third-order valence-electron chi connectivity index (χ3n) is 3.20. The zero-order valence-electron chi connectivity index (χ0n) is 10.8. The summed E-state index contributed by atoms with van der Waals surface area (Å²) < 4.78 is 0. The van der Waals surface area contributed by atoms with E-state index in [1.54, 1.807) is 25.1 Å². The highest BCUT2D eigenvalue weighted by atomic mass is 16.3. The molecule has 0 radical (unpaired) electrons. The molecule has 0 aliphatic heterocycles. The number of aromatic hydroxyl groups is 2. The summed E-state index contributed by atoms with van der Waals surface area (Å²) in [7, 11) is 0. The summed E-state index contributed by atoms with van der Waals surface area (Å²) >= 11 is 0. The van der Waals surface area contributed by atoms with E-state index in [0.717, 1.165) is 0 Å². The van der Waals surface area contributed by atoms with Gasteiger partial charge in [-0.25, -0.2) is 0 Å². The van der Waals surface area contributed by atoms with Crippen molar-refractivity contribution < 1.29 is 15.0 Å². The van der Waals surface area contributed by atoms with Crippen molar-refractivity contribution in [3.8, 4) is 11.5 Å². The second kappa shape index (κ2) is 5.57. The Kier molecular flexibility index (Phi) is 3.85. The fourth-order valence-corrected chi connectivity index (χ4v) is 1.96. The maximum absolute atomic E-state index is 12.0. The Labute approximate surface area is 112 Å². The van der Waals surface area contributed by atoms with E-state index in [1.165, 1.54) is 6.07 Å². The number of rotatable bonds is 4. The lowest BCUT2D eigenvalue weighted by atomic mass is 10.0. The van der Waals surface area contributed by atoms with E-state index in [0.29, 0.717) is 29.5 Å². The van der Waals surface area contributed by atoms with E-state index >= 15 is 0 Å². The lowest BCUT2D eigenvalue weighted by Crippen LogP contribution is -2.01. The van der Waals surface area contributed by atoms with Gasteiger partial charge in [0.1, 0.15) is 11.5 Å². The molecule has 0 saturated carbocycles. The molecule has 2 aromatic carbocycles. The number of hydrogen-bond donors (Lipinski definition) is 2.